The highest BCUT2D eigenvalue weighted by Crippen LogP contribution is 2.65. The van der Waals surface area contributed by atoms with Gasteiger partial charge in [-0.15, -0.1) is 0 Å². The molecule has 4 saturated carbocycles. The predicted octanol–water partition coefficient (Wildman–Crippen LogP) is 4.41. The molecule has 18 nitrogen and oxygen atoms in total. The Morgan fingerprint density at radius 3 is 1.27 bits per heavy atom. The van der Waals surface area contributed by atoms with Crippen molar-refractivity contribution >= 4 is 47.3 Å². The van der Waals surface area contributed by atoms with E-state index >= 15 is 9.59 Å². The van der Waals surface area contributed by atoms with Gasteiger partial charge in [0.15, 0.2) is 0 Å². The summed E-state index contributed by atoms with van der Waals surface area (Å²) in [5.74, 6) is -2.19. The van der Waals surface area contributed by atoms with Crippen molar-refractivity contribution in [3.63, 3.8) is 0 Å². The number of carbonyl (C=O) groups excluding carboxylic acids is 8. The minimum absolute atomic E-state index is 0.0652. The first kappa shape index (κ1) is 58.8. The van der Waals surface area contributed by atoms with Crippen LogP contribution in [0, 0.1) is 33.5 Å². The molecule has 8 aliphatic rings. The van der Waals surface area contributed by atoms with E-state index in [1.807, 2.05) is 77.9 Å². The minimum Gasteiger partial charge on any atom is -0.351 e. The molecule has 3 unspecified atom stereocenters. The highest BCUT2D eigenvalue weighted by molar-refractivity contribution is 5.96. The molecule has 2 aliphatic heterocycles. The third-order valence-electron chi connectivity index (χ3n) is 19.3. The Morgan fingerprint density at radius 1 is 0.537 bits per heavy atom. The van der Waals surface area contributed by atoms with Crippen LogP contribution in [0.4, 0.5) is 0 Å². The summed E-state index contributed by atoms with van der Waals surface area (Å²) in [6.07, 6.45) is 9.24. The van der Waals surface area contributed by atoms with E-state index in [0.29, 0.717) is 32.1 Å². The third kappa shape index (κ3) is 12.0. The van der Waals surface area contributed by atoms with Crippen LogP contribution in [-0.4, -0.2) is 133 Å². The van der Waals surface area contributed by atoms with E-state index in [-0.39, 0.29) is 85.3 Å². The van der Waals surface area contributed by atoms with Gasteiger partial charge in [-0.2, -0.15) is 0 Å². The summed E-state index contributed by atoms with van der Waals surface area (Å²) >= 11 is 0. The number of fused-ring (bicyclic) bond motifs is 2. The molecule has 10 rings (SSSR count). The van der Waals surface area contributed by atoms with Gasteiger partial charge in [-0.25, -0.2) is 0 Å². The quantitative estimate of drug-likeness (QED) is 0.118. The first-order valence-electron chi connectivity index (χ1n) is 29.8. The summed E-state index contributed by atoms with van der Waals surface area (Å²) in [5, 5.41) is 25.2. The van der Waals surface area contributed by atoms with Crippen LogP contribution in [0.1, 0.15) is 167 Å². The molecule has 4 bridgehead atoms. The van der Waals surface area contributed by atoms with E-state index in [1.165, 1.54) is 11.1 Å². The lowest BCUT2D eigenvalue weighted by atomic mass is 9.43. The van der Waals surface area contributed by atoms with Crippen LogP contribution in [0.25, 0.3) is 0 Å². The van der Waals surface area contributed by atoms with Crippen LogP contribution >= 0.6 is 0 Å². The molecule has 18 heteroatoms. The van der Waals surface area contributed by atoms with Crippen LogP contribution in [-0.2, 0) is 51.2 Å². The molecular formula is C62H90N10O8. The lowest BCUT2D eigenvalue weighted by Gasteiger charge is -2.60. The molecule has 0 aromatic heterocycles. The van der Waals surface area contributed by atoms with Gasteiger partial charge in [-0.1, -0.05) is 90.1 Å². The second-order valence-electron chi connectivity index (χ2n) is 27.3. The smallest absolute Gasteiger partial charge is 0.246 e. The van der Waals surface area contributed by atoms with Gasteiger partial charge in [0, 0.05) is 25.2 Å². The Balaban J connectivity index is 0.940. The first-order chi connectivity index (χ1) is 37.8. The van der Waals surface area contributed by atoms with Gasteiger partial charge in [-0.05, 0) is 163 Å². The Labute approximate surface area is 473 Å². The zero-order valence-electron chi connectivity index (χ0n) is 49.0. The number of hydrogen-bond acceptors (Lipinski definition) is 10. The predicted molar refractivity (Wildman–Crippen MR) is 304 cm³/mol. The second kappa shape index (κ2) is 23.2. The number of likely N-dealkylation sites (N-methyl/N-ethyl adjacent to an activating group) is 2. The Morgan fingerprint density at radius 2 is 0.912 bits per heavy atom. The number of benzene rings is 2. The molecule has 2 aromatic carbocycles. The van der Waals surface area contributed by atoms with Gasteiger partial charge in [0.2, 0.25) is 47.3 Å². The lowest BCUT2D eigenvalue weighted by Crippen LogP contribution is -2.63. The molecule has 8 amide bonds. The highest BCUT2D eigenvalue weighted by Gasteiger charge is 2.64. The van der Waals surface area contributed by atoms with Crippen molar-refractivity contribution in [1.29, 1.82) is 0 Å². The Kier molecular flexibility index (Phi) is 17.0. The van der Waals surface area contributed by atoms with Gasteiger partial charge in [-0.3, -0.25) is 38.4 Å². The number of nitrogens with zero attached hydrogens (tertiary/aromatic N) is 2. The molecule has 2 heterocycles. The molecule has 0 radical (unpaired) electrons. The number of rotatable bonds is 16. The topological polar surface area (TPSA) is 239 Å². The van der Waals surface area contributed by atoms with Gasteiger partial charge < -0.3 is 52.3 Å². The van der Waals surface area contributed by atoms with E-state index in [2.05, 4.69) is 54.7 Å². The maximum atomic E-state index is 15.2. The summed E-state index contributed by atoms with van der Waals surface area (Å²) in [6.45, 7) is 14.9. The fourth-order valence-electron chi connectivity index (χ4n) is 15.1. The Hall–Kier alpha value is -5.88. The van der Waals surface area contributed by atoms with E-state index in [9.17, 15) is 28.8 Å². The summed E-state index contributed by atoms with van der Waals surface area (Å²) in [5.41, 5.74) is 1.31. The molecule has 80 heavy (non-hydrogen) atoms. The van der Waals surface area contributed by atoms with Crippen molar-refractivity contribution in [3.8, 4) is 0 Å². The fraction of sp³-hybridized carbons (Fsp3) is 0.677. The lowest BCUT2D eigenvalue weighted by molar-refractivity contribution is -0.168. The minimum atomic E-state index is -0.968. The molecular weight excluding hydrogens is 1010 g/mol. The average Bonchev–Trinajstić information content (AvgIpc) is 4.19. The number of aryl methyl sites for hydroxylation is 2. The van der Waals surface area contributed by atoms with E-state index in [4.69, 9.17) is 0 Å². The average molecular weight is 1100 g/mol. The van der Waals surface area contributed by atoms with Crippen molar-refractivity contribution in [2.45, 2.75) is 206 Å². The maximum Gasteiger partial charge on any atom is 0.246 e. The van der Waals surface area contributed by atoms with Crippen LogP contribution in [0.15, 0.2) is 48.5 Å². The van der Waals surface area contributed by atoms with Crippen LogP contribution in [0.2, 0.25) is 0 Å². The van der Waals surface area contributed by atoms with Gasteiger partial charge in [0.1, 0.15) is 24.2 Å². The van der Waals surface area contributed by atoms with E-state index < -0.39 is 81.8 Å². The van der Waals surface area contributed by atoms with E-state index in [1.54, 1.807) is 37.7 Å². The van der Waals surface area contributed by atoms with Crippen molar-refractivity contribution in [2.24, 2.45) is 33.5 Å². The van der Waals surface area contributed by atoms with Gasteiger partial charge in [0.25, 0.3) is 0 Å². The molecule has 0 spiro atoms. The maximum absolute atomic E-state index is 15.2. The molecule has 2 saturated heterocycles. The molecule has 8 N–H and O–H groups in total. The number of likely N-dealkylation sites (tertiary alicyclic amines) is 2. The summed E-state index contributed by atoms with van der Waals surface area (Å²) in [7, 11) is 3.35. The van der Waals surface area contributed by atoms with Crippen molar-refractivity contribution in [1.82, 2.24) is 52.3 Å². The highest BCUT2D eigenvalue weighted by atomic mass is 16.2. The standard InChI is InChI=1S/C62H90N10O8/c1-35(63-9)51(73)69-49(59(3,4)5)55(77)71-32-41(26-47(71)53(75)67-45-23-15-19-39-17-11-13-21-43(39)45)65-57(79)61-28-37-25-38(29-61)31-62(30-37,34-61)58(80)66-42-27-48(54(76)68-46-24-16-20-40-18-12-14-22-44(40)46)72(33-42)56(78)50(60(6,7)8)70-52(74)36(2)64-10/h11-14,17-18,21-22,35-38,41-42,45-50,63-64H,15-16,19-20,23-34H2,1-10H3,(H,65,79)(H,66,80)(H,67,75)(H,68,76)(H,69,73)(H,70,74)/t35-,36-,37?,38?,41-,42-,45+,46?,47-,48-,49+,50+,61?,62?/m0/s1. The van der Waals surface area contributed by atoms with E-state index in [0.717, 1.165) is 56.1 Å². The Bertz CT molecular complexity index is 2520. The molecule has 6 fully saturated rings. The monoisotopic (exact) mass is 1100 g/mol. The van der Waals surface area contributed by atoms with Crippen LogP contribution in [0.5, 0.6) is 0 Å². The van der Waals surface area contributed by atoms with Crippen molar-refractivity contribution in [3.05, 3.63) is 70.8 Å². The summed E-state index contributed by atoms with van der Waals surface area (Å²) in [6, 6.07) is 9.65. The fourth-order valence-corrected chi connectivity index (χ4v) is 15.1. The first-order valence-corrected chi connectivity index (χ1v) is 29.8. The number of carbonyl (C=O) groups is 8. The van der Waals surface area contributed by atoms with Crippen molar-refractivity contribution in [2.75, 3.05) is 27.2 Å². The summed E-state index contributed by atoms with van der Waals surface area (Å²) in [4.78, 5) is 120. The molecule has 12 atom stereocenters. The molecule has 2 aromatic rings. The number of nitrogens with one attached hydrogen (secondary N) is 8. The van der Waals surface area contributed by atoms with Gasteiger partial charge in [0.05, 0.1) is 35.0 Å². The number of hydrogen-bond donors (Lipinski definition) is 8. The van der Waals surface area contributed by atoms with Gasteiger partial charge >= 0.3 is 0 Å². The van der Waals surface area contributed by atoms with Crippen LogP contribution in [0.3, 0.4) is 0 Å². The van der Waals surface area contributed by atoms with Crippen LogP contribution < -0.4 is 42.5 Å². The zero-order valence-corrected chi connectivity index (χ0v) is 49.0. The summed E-state index contributed by atoms with van der Waals surface area (Å²) < 4.78 is 0. The second-order valence-corrected chi connectivity index (χ2v) is 27.3. The van der Waals surface area contributed by atoms with Crippen molar-refractivity contribution < 1.29 is 38.4 Å². The molecule has 436 valence electrons. The number of amides is 8. The largest absolute Gasteiger partial charge is 0.351 e. The molecule has 6 aliphatic carbocycles. The SMILES string of the molecule is CN[C@@H](C)C(=O)N[C@H](C(=O)N1C[C@@H](NC(=O)C23CC4CC(C2)CC(C(=O)N[C@H]2C[C@@H](C(=O)N[C@@H]5CCCc6ccccc65)N(C(=O)[C@@H](NC(=O)[C@H](C)NC)C(C)(C)C)C2)(C4)C3)C[C@H]1C(=O)NC1CCCc2ccccc21)C(C)(C)C. The normalized spacial score (nSPS) is 30.2. The third-order valence-corrected chi connectivity index (χ3v) is 19.3. The zero-order chi connectivity index (χ0) is 57.6.